The van der Waals surface area contributed by atoms with Gasteiger partial charge in [-0.1, -0.05) is 190 Å². The fourth-order valence-corrected chi connectivity index (χ4v) is 13.1. The molecule has 13 rings (SSSR count). The Hall–Kier alpha value is -7.11. The molecule has 2 aliphatic heterocycles. The number of hydrogen-bond acceptors (Lipinski definition) is 1. The van der Waals surface area contributed by atoms with Crippen molar-refractivity contribution in [3.8, 4) is 39.6 Å². The van der Waals surface area contributed by atoms with Crippen molar-refractivity contribution in [1.82, 2.24) is 18.7 Å². The SMILES string of the molecule is CC(C)c1cccc(C(C)C)c1-n1c(-c2ccccc2)nc2ccc(-c3cc4c5c(c3)-n3c6ccc(C(C)(C)C)cc6c6cc(C(C)(C)C)cc(c63)B5c3cc(C(C)(C)C)cc5c6cc(C(C)(C)C)ccc6n-4c35)cc21. The van der Waals surface area contributed by atoms with E-state index in [9.17, 15) is 0 Å². The number of imidazole rings is 1. The third-order valence-corrected chi connectivity index (χ3v) is 17.4. The highest BCUT2D eigenvalue weighted by Crippen LogP contribution is 2.46. The van der Waals surface area contributed by atoms with Crippen molar-refractivity contribution in [3.63, 3.8) is 0 Å². The summed E-state index contributed by atoms with van der Waals surface area (Å²) in [6.07, 6.45) is 0. The molecule has 0 N–H and O–H groups in total. The van der Waals surface area contributed by atoms with Gasteiger partial charge in [-0.2, -0.15) is 0 Å². The van der Waals surface area contributed by atoms with Crippen LogP contribution < -0.4 is 16.4 Å². The van der Waals surface area contributed by atoms with Gasteiger partial charge in [0.15, 0.2) is 0 Å². The van der Waals surface area contributed by atoms with Crippen LogP contribution >= 0.6 is 0 Å². The van der Waals surface area contributed by atoms with Gasteiger partial charge < -0.3 is 9.13 Å². The second-order valence-corrected chi connectivity index (χ2v) is 27.4. The summed E-state index contributed by atoms with van der Waals surface area (Å²) in [6.45, 7) is 37.7. The van der Waals surface area contributed by atoms with Crippen LogP contribution in [0.1, 0.15) is 156 Å². The van der Waals surface area contributed by atoms with Crippen molar-refractivity contribution in [3.05, 3.63) is 173 Å². The molecule has 76 heavy (non-hydrogen) atoms. The lowest BCUT2D eigenvalue weighted by molar-refractivity contribution is 0.590. The van der Waals surface area contributed by atoms with Crippen molar-refractivity contribution in [1.29, 1.82) is 0 Å². The predicted molar refractivity (Wildman–Crippen MR) is 328 cm³/mol. The number of para-hydroxylation sites is 1. The van der Waals surface area contributed by atoms with Crippen LogP contribution in [0.4, 0.5) is 0 Å². The van der Waals surface area contributed by atoms with Crippen LogP contribution in [0.2, 0.25) is 0 Å². The summed E-state index contributed by atoms with van der Waals surface area (Å²) in [5.41, 5.74) is 26.7. The molecule has 2 aliphatic rings. The monoisotopic (exact) mass is 993 g/mol. The third kappa shape index (κ3) is 7.13. The van der Waals surface area contributed by atoms with Crippen LogP contribution in [0, 0.1) is 0 Å². The van der Waals surface area contributed by atoms with E-state index in [4.69, 9.17) is 4.98 Å². The van der Waals surface area contributed by atoms with Gasteiger partial charge in [0.2, 0.25) is 0 Å². The Morgan fingerprint density at radius 1 is 0.395 bits per heavy atom. The summed E-state index contributed by atoms with van der Waals surface area (Å²) in [7, 11) is 0. The highest BCUT2D eigenvalue weighted by atomic mass is 15.1. The van der Waals surface area contributed by atoms with Crippen LogP contribution in [0.25, 0.3) is 94.2 Å². The van der Waals surface area contributed by atoms with Gasteiger partial charge in [0.1, 0.15) is 5.82 Å². The summed E-state index contributed by atoms with van der Waals surface area (Å²) in [4.78, 5) is 5.53. The summed E-state index contributed by atoms with van der Waals surface area (Å²) in [6, 6.07) is 54.7. The highest BCUT2D eigenvalue weighted by molar-refractivity contribution is 7.00. The smallest absolute Gasteiger partial charge is 0.252 e. The Labute approximate surface area is 450 Å². The molecule has 0 saturated carbocycles. The molecule has 0 saturated heterocycles. The lowest BCUT2D eigenvalue weighted by Gasteiger charge is -2.36. The van der Waals surface area contributed by atoms with Gasteiger partial charge >= 0.3 is 0 Å². The Morgan fingerprint density at radius 2 is 0.868 bits per heavy atom. The van der Waals surface area contributed by atoms with Crippen molar-refractivity contribution in [2.75, 3.05) is 0 Å². The number of benzene rings is 8. The van der Waals surface area contributed by atoms with E-state index in [2.05, 4.69) is 264 Å². The van der Waals surface area contributed by atoms with Crippen molar-refractivity contribution >= 4 is 77.7 Å². The van der Waals surface area contributed by atoms with Crippen LogP contribution in [0.3, 0.4) is 0 Å². The van der Waals surface area contributed by atoms with E-state index in [1.54, 1.807) is 0 Å². The van der Waals surface area contributed by atoms with Gasteiger partial charge in [-0.15, -0.1) is 0 Å². The second-order valence-electron chi connectivity index (χ2n) is 27.4. The maximum absolute atomic E-state index is 5.53. The maximum Gasteiger partial charge on any atom is 0.252 e. The highest BCUT2D eigenvalue weighted by Gasteiger charge is 2.43. The molecular weight excluding hydrogens is 920 g/mol. The topological polar surface area (TPSA) is 27.7 Å². The molecule has 3 aromatic heterocycles. The number of hydrogen-bond donors (Lipinski definition) is 0. The average molecular weight is 993 g/mol. The van der Waals surface area contributed by atoms with E-state index < -0.39 is 0 Å². The minimum atomic E-state index is -0.0691. The quantitative estimate of drug-likeness (QED) is 0.158. The lowest BCUT2D eigenvalue weighted by Crippen LogP contribution is -2.59. The van der Waals surface area contributed by atoms with Gasteiger partial charge in [0.25, 0.3) is 6.71 Å². The standard InChI is InChI=1S/C71H73BN4/c1-40(2)49-23-20-24-50(41(3)4)64(49)76-60-31-43(25-28-57(60)73-67(76)42-21-18-17-19-22-42)44-32-61-63-62(33-44)75-59-30-27-46(69(8,9)10)35-52(59)54-37-48(71(14,15)16)39-56(66(54)75)72(63)55-38-47(70(11,12)13)36-53-51-34-45(68(5,6)7)26-29-58(51)74(61)65(53)55/h17-41H,1-16H3. The first-order valence-electron chi connectivity index (χ1n) is 28.0. The van der Waals surface area contributed by atoms with E-state index in [1.807, 2.05) is 0 Å². The van der Waals surface area contributed by atoms with Gasteiger partial charge in [0.05, 0.1) is 27.8 Å². The zero-order valence-electron chi connectivity index (χ0n) is 47.8. The molecule has 4 nitrogen and oxygen atoms in total. The van der Waals surface area contributed by atoms with E-state index in [0.717, 1.165) is 22.4 Å². The fraction of sp³-hybridized carbons (Fsp3) is 0.310. The molecule has 5 heterocycles. The van der Waals surface area contributed by atoms with Crippen LogP contribution in [-0.2, 0) is 21.7 Å². The van der Waals surface area contributed by atoms with Gasteiger partial charge in [0, 0.05) is 49.5 Å². The molecule has 0 aliphatic carbocycles. The molecule has 0 bridgehead atoms. The molecule has 11 aromatic rings. The molecule has 380 valence electrons. The summed E-state index contributed by atoms with van der Waals surface area (Å²) in [5.74, 6) is 1.59. The fourth-order valence-electron chi connectivity index (χ4n) is 13.1. The summed E-state index contributed by atoms with van der Waals surface area (Å²) >= 11 is 0. The number of fused-ring (bicyclic) bond motifs is 11. The van der Waals surface area contributed by atoms with Crippen molar-refractivity contribution < 1.29 is 0 Å². The molecule has 0 amide bonds. The molecule has 0 unspecified atom stereocenters. The maximum atomic E-state index is 5.53. The molecule has 5 heteroatoms. The zero-order chi connectivity index (χ0) is 53.4. The lowest BCUT2D eigenvalue weighted by atomic mass is 9.34. The van der Waals surface area contributed by atoms with Crippen LogP contribution in [0.5, 0.6) is 0 Å². The van der Waals surface area contributed by atoms with Crippen molar-refractivity contribution in [2.45, 2.75) is 144 Å². The largest absolute Gasteiger partial charge is 0.310 e. The second kappa shape index (κ2) is 16.2. The molecule has 0 spiro atoms. The normalized spacial score (nSPS) is 13.7. The Balaban J connectivity index is 1.20. The van der Waals surface area contributed by atoms with Gasteiger partial charge in [-0.05, 0) is 155 Å². The summed E-state index contributed by atoms with van der Waals surface area (Å²) < 4.78 is 7.83. The average Bonchev–Trinajstić information content (AvgIpc) is 4.24. The Bertz CT molecular complexity index is 4050. The number of rotatable bonds is 5. The van der Waals surface area contributed by atoms with Gasteiger partial charge in [-0.25, -0.2) is 4.98 Å². The Kier molecular flexibility index (Phi) is 10.4. The molecule has 0 fully saturated rings. The molecule has 0 atom stereocenters. The molecular formula is C71H73BN4. The minimum absolute atomic E-state index is 0.00535. The molecule has 8 aromatic carbocycles. The third-order valence-electron chi connectivity index (χ3n) is 17.4. The first-order valence-corrected chi connectivity index (χ1v) is 28.0. The molecule has 0 radical (unpaired) electrons. The Morgan fingerprint density at radius 3 is 1.33 bits per heavy atom. The summed E-state index contributed by atoms with van der Waals surface area (Å²) in [5, 5.41) is 5.33. The van der Waals surface area contributed by atoms with Gasteiger partial charge in [-0.3, -0.25) is 4.57 Å². The van der Waals surface area contributed by atoms with Crippen LogP contribution in [-0.4, -0.2) is 25.4 Å². The minimum Gasteiger partial charge on any atom is -0.310 e. The van der Waals surface area contributed by atoms with E-state index >= 15 is 0 Å². The van der Waals surface area contributed by atoms with E-state index in [1.165, 1.54) is 122 Å². The van der Waals surface area contributed by atoms with E-state index in [-0.39, 0.29) is 28.4 Å². The number of aromatic nitrogens is 4. The van der Waals surface area contributed by atoms with Crippen molar-refractivity contribution in [2.24, 2.45) is 0 Å². The first-order chi connectivity index (χ1) is 35.9. The predicted octanol–water partition coefficient (Wildman–Crippen LogP) is 17.1. The zero-order valence-corrected chi connectivity index (χ0v) is 47.8. The first kappa shape index (κ1) is 48.5. The van der Waals surface area contributed by atoms with E-state index in [0.29, 0.717) is 11.8 Å². The number of nitrogens with zero attached hydrogens (tertiary/aromatic N) is 4. The van der Waals surface area contributed by atoms with Crippen LogP contribution in [0.15, 0.2) is 140 Å².